The maximum absolute atomic E-state index is 11.0. The van der Waals surface area contributed by atoms with Gasteiger partial charge in [-0.15, -0.1) is 0 Å². The quantitative estimate of drug-likeness (QED) is 0.386. The lowest BCUT2D eigenvalue weighted by Crippen LogP contribution is -2.42. The minimum absolute atomic E-state index is 0.341. The number of nitrogens with one attached hydrogen (secondary N) is 1. The Labute approximate surface area is 203 Å². The van der Waals surface area contributed by atoms with Crippen LogP contribution in [0.15, 0.2) is 77.3 Å². The average Bonchev–Trinajstić information content (AvgIpc) is 2.83. The number of ether oxygens (including phenoxy) is 1. The van der Waals surface area contributed by atoms with E-state index in [-0.39, 0.29) is 0 Å². The second-order valence-corrected chi connectivity index (χ2v) is 9.37. The number of carboxylic acids is 1. The van der Waals surface area contributed by atoms with Gasteiger partial charge in [-0.2, -0.15) is 0 Å². The molecule has 3 aromatic rings. The molecule has 0 aliphatic carbocycles. The van der Waals surface area contributed by atoms with Gasteiger partial charge in [0.15, 0.2) is 0 Å². The highest BCUT2D eigenvalue weighted by atomic mass is 79.9. The lowest BCUT2D eigenvalue weighted by Gasteiger charge is -2.32. The molecule has 0 atom stereocenters. The number of hydrogen-bond donors (Lipinski definition) is 2. The molecule has 0 amide bonds. The molecule has 1 heterocycles. The summed E-state index contributed by atoms with van der Waals surface area (Å²) in [5, 5.41) is 12.7. The van der Waals surface area contributed by atoms with Gasteiger partial charge in [0.2, 0.25) is 0 Å². The Bertz CT molecular complexity index is 1030. The molecule has 0 radical (unpaired) electrons. The maximum Gasteiger partial charge on any atom is 0.335 e. The van der Waals surface area contributed by atoms with E-state index in [0.29, 0.717) is 11.6 Å². The fraction of sp³-hybridized carbons (Fsp3) is 0.296. The molecule has 0 unspecified atom stereocenters. The van der Waals surface area contributed by atoms with E-state index in [1.165, 1.54) is 11.1 Å². The van der Waals surface area contributed by atoms with E-state index in [2.05, 4.69) is 38.3 Å². The average molecular weight is 509 g/mol. The molecule has 6 heteroatoms. The van der Waals surface area contributed by atoms with E-state index in [1.54, 1.807) is 12.1 Å². The fourth-order valence-electron chi connectivity index (χ4n) is 4.09. The van der Waals surface area contributed by atoms with Crippen LogP contribution in [0.2, 0.25) is 0 Å². The van der Waals surface area contributed by atoms with E-state index in [0.717, 1.165) is 61.4 Å². The van der Waals surface area contributed by atoms with Gasteiger partial charge in [0, 0.05) is 17.1 Å². The van der Waals surface area contributed by atoms with Gasteiger partial charge in [-0.1, -0.05) is 40.2 Å². The zero-order chi connectivity index (χ0) is 23.0. The Hall–Kier alpha value is -2.67. The number of halogens is 1. The number of rotatable bonds is 9. The van der Waals surface area contributed by atoms with Crippen molar-refractivity contribution in [1.82, 2.24) is 10.2 Å². The Morgan fingerprint density at radius 2 is 1.48 bits per heavy atom. The van der Waals surface area contributed by atoms with Crippen LogP contribution in [0.4, 0.5) is 0 Å². The van der Waals surface area contributed by atoms with E-state index in [4.69, 9.17) is 9.84 Å². The van der Waals surface area contributed by atoms with Crippen molar-refractivity contribution in [3.63, 3.8) is 0 Å². The summed E-state index contributed by atoms with van der Waals surface area (Å²) >= 11 is 3.44. The third-order valence-electron chi connectivity index (χ3n) is 6.01. The SMILES string of the molecule is O=C(O)c1ccc(CN2CCC(NCCc3ccc(Oc4ccc(Br)cc4)cc3)CC2)cc1. The lowest BCUT2D eigenvalue weighted by molar-refractivity contribution is 0.0697. The molecule has 2 N–H and O–H groups in total. The van der Waals surface area contributed by atoms with Gasteiger partial charge < -0.3 is 15.2 Å². The molecular weight excluding hydrogens is 480 g/mol. The number of carbonyl (C=O) groups is 1. The molecule has 0 bridgehead atoms. The molecule has 3 aromatic carbocycles. The second kappa shape index (κ2) is 11.5. The predicted molar refractivity (Wildman–Crippen MR) is 134 cm³/mol. The smallest absolute Gasteiger partial charge is 0.335 e. The van der Waals surface area contributed by atoms with Crippen molar-refractivity contribution in [2.45, 2.75) is 31.8 Å². The van der Waals surface area contributed by atoms with Gasteiger partial charge in [-0.3, -0.25) is 4.90 Å². The summed E-state index contributed by atoms with van der Waals surface area (Å²) in [7, 11) is 0. The number of carboxylic acid groups (broad SMARTS) is 1. The first-order valence-electron chi connectivity index (χ1n) is 11.4. The van der Waals surface area contributed by atoms with E-state index >= 15 is 0 Å². The first-order chi connectivity index (χ1) is 16.0. The Morgan fingerprint density at radius 3 is 2.09 bits per heavy atom. The lowest BCUT2D eigenvalue weighted by atomic mass is 10.0. The van der Waals surface area contributed by atoms with Crippen molar-refractivity contribution in [2.24, 2.45) is 0 Å². The first kappa shape index (κ1) is 23.5. The first-order valence-corrected chi connectivity index (χ1v) is 12.1. The number of aromatic carboxylic acids is 1. The van der Waals surface area contributed by atoms with Crippen LogP contribution in [0, 0.1) is 0 Å². The highest BCUT2D eigenvalue weighted by molar-refractivity contribution is 9.10. The van der Waals surface area contributed by atoms with Crippen molar-refractivity contribution in [1.29, 1.82) is 0 Å². The van der Waals surface area contributed by atoms with Crippen LogP contribution in [-0.4, -0.2) is 41.7 Å². The van der Waals surface area contributed by atoms with Crippen LogP contribution in [0.1, 0.15) is 34.3 Å². The van der Waals surface area contributed by atoms with Crippen LogP contribution < -0.4 is 10.1 Å². The maximum atomic E-state index is 11.0. The predicted octanol–water partition coefficient (Wildman–Crippen LogP) is 5.74. The van der Waals surface area contributed by atoms with Crippen molar-refractivity contribution < 1.29 is 14.6 Å². The summed E-state index contributed by atoms with van der Waals surface area (Å²) in [6.45, 7) is 3.95. The third-order valence-corrected chi connectivity index (χ3v) is 6.54. The minimum Gasteiger partial charge on any atom is -0.478 e. The number of likely N-dealkylation sites (tertiary alicyclic amines) is 1. The molecule has 0 aromatic heterocycles. The zero-order valence-corrected chi connectivity index (χ0v) is 20.1. The fourth-order valence-corrected chi connectivity index (χ4v) is 4.35. The molecule has 0 spiro atoms. The number of benzene rings is 3. The summed E-state index contributed by atoms with van der Waals surface area (Å²) in [6.07, 6.45) is 3.26. The monoisotopic (exact) mass is 508 g/mol. The van der Waals surface area contributed by atoms with Crippen LogP contribution in [0.5, 0.6) is 11.5 Å². The van der Waals surface area contributed by atoms with Crippen LogP contribution in [0.25, 0.3) is 0 Å². The third kappa shape index (κ3) is 7.16. The molecule has 1 saturated heterocycles. The Kier molecular flexibility index (Phi) is 8.15. The molecule has 5 nitrogen and oxygen atoms in total. The molecule has 1 aliphatic rings. The van der Waals surface area contributed by atoms with Crippen LogP contribution in [0.3, 0.4) is 0 Å². The number of nitrogens with zero attached hydrogens (tertiary/aromatic N) is 1. The van der Waals surface area contributed by atoms with Crippen molar-refractivity contribution >= 4 is 21.9 Å². The van der Waals surface area contributed by atoms with E-state index in [9.17, 15) is 4.79 Å². The standard InChI is InChI=1S/C27H29BrN2O3/c28-23-7-11-26(12-8-23)33-25-9-3-20(4-10-25)13-16-29-24-14-17-30(18-15-24)19-21-1-5-22(6-2-21)27(31)32/h1-12,24,29H,13-19H2,(H,31,32). The zero-order valence-electron chi connectivity index (χ0n) is 18.5. The molecule has 0 saturated carbocycles. The van der Waals surface area contributed by atoms with Crippen LogP contribution in [-0.2, 0) is 13.0 Å². The van der Waals surface area contributed by atoms with Gasteiger partial charge in [0.25, 0.3) is 0 Å². The van der Waals surface area contributed by atoms with Crippen LogP contribution >= 0.6 is 15.9 Å². The van der Waals surface area contributed by atoms with Gasteiger partial charge in [-0.05, 0) is 98.6 Å². The highest BCUT2D eigenvalue weighted by Gasteiger charge is 2.18. The summed E-state index contributed by atoms with van der Waals surface area (Å²) < 4.78 is 6.93. The summed E-state index contributed by atoms with van der Waals surface area (Å²) in [5.74, 6) is 0.800. The van der Waals surface area contributed by atoms with Crippen molar-refractivity contribution in [2.75, 3.05) is 19.6 Å². The molecule has 33 heavy (non-hydrogen) atoms. The molecule has 4 rings (SSSR count). The second-order valence-electron chi connectivity index (χ2n) is 8.46. The highest BCUT2D eigenvalue weighted by Crippen LogP contribution is 2.23. The van der Waals surface area contributed by atoms with E-state index in [1.807, 2.05) is 48.5 Å². The number of hydrogen-bond acceptors (Lipinski definition) is 4. The normalized spacial score (nSPS) is 14.8. The summed E-state index contributed by atoms with van der Waals surface area (Å²) in [5.41, 5.74) is 2.81. The molecule has 172 valence electrons. The van der Waals surface area contributed by atoms with E-state index < -0.39 is 5.97 Å². The number of piperidine rings is 1. The van der Waals surface area contributed by atoms with Gasteiger partial charge >= 0.3 is 5.97 Å². The van der Waals surface area contributed by atoms with Gasteiger partial charge in [0.1, 0.15) is 11.5 Å². The Balaban J connectivity index is 1.15. The summed E-state index contributed by atoms with van der Waals surface area (Å²) in [6, 6.07) is 23.9. The van der Waals surface area contributed by atoms with Crippen molar-refractivity contribution in [3.05, 3.63) is 94.0 Å². The summed E-state index contributed by atoms with van der Waals surface area (Å²) in [4.78, 5) is 13.4. The molecular formula is C27H29BrN2O3. The molecule has 1 aliphatic heterocycles. The minimum atomic E-state index is -0.876. The molecule has 1 fully saturated rings. The van der Waals surface area contributed by atoms with Crippen molar-refractivity contribution in [3.8, 4) is 11.5 Å². The Morgan fingerprint density at radius 1 is 0.909 bits per heavy atom. The topological polar surface area (TPSA) is 61.8 Å². The van der Waals surface area contributed by atoms with Gasteiger partial charge in [-0.25, -0.2) is 4.79 Å². The van der Waals surface area contributed by atoms with Gasteiger partial charge in [0.05, 0.1) is 5.56 Å². The largest absolute Gasteiger partial charge is 0.478 e.